The van der Waals surface area contributed by atoms with Gasteiger partial charge < -0.3 is 0 Å². The summed E-state index contributed by atoms with van der Waals surface area (Å²) < 4.78 is 0. The third-order valence-corrected chi connectivity index (χ3v) is 9.61. The van der Waals surface area contributed by atoms with Gasteiger partial charge in [0.15, 0.2) is 0 Å². The Bertz CT molecular complexity index is 59.5. The molecule has 0 heterocycles. The Morgan fingerprint density at radius 1 is 1.25 bits per heavy atom. The summed E-state index contributed by atoms with van der Waals surface area (Å²) in [6.07, 6.45) is 0. The molecule has 0 aliphatic heterocycles. The Kier molecular flexibility index (Phi) is 3.65. The second-order valence-corrected chi connectivity index (χ2v) is 13.4. The Balaban J connectivity index is 3.37. The minimum absolute atomic E-state index is 0.649. The molecule has 2 heteroatoms. The van der Waals surface area contributed by atoms with E-state index < -0.39 is 7.59 Å². The maximum Gasteiger partial charge on any atom is 0.0354 e. The Morgan fingerprint density at radius 2 is 1.75 bits per heavy atom. The van der Waals surface area contributed by atoms with Crippen LogP contribution in [0.2, 0.25) is 25.2 Å². The fourth-order valence-corrected chi connectivity index (χ4v) is 5.43. The lowest BCUT2D eigenvalue weighted by atomic mass is 11.0. The van der Waals surface area contributed by atoms with Crippen LogP contribution < -0.4 is 0 Å². The summed E-state index contributed by atoms with van der Waals surface area (Å²) >= 11 is 0. The van der Waals surface area contributed by atoms with Gasteiger partial charge in [0.2, 0.25) is 0 Å². The molecule has 0 aromatic rings. The third kappa shape index (κ3) is 3.44. The van der Waals surface area contributed by atoms with Crippen LogP contribution in [0.3, 0.4) is 0 Å². The molecule has 0 amide bonds. The first-order valence-corrected chi connectivity index (χ1v) is 8.79. The highest BCUT2D eigenvalue weighted by Gasteiger charge is 2.15. The van der Waals surface area contributed by atoms with Crippen molar-refractivity contribution in [2.75, 3.05) is 0 Å². The Morgan fingerprint density at radius 3 is 1.88 bits per heavy atom. The van der Waals surface area contributed by atoms with Crippen molar-refractivity contribution in [2.45, 2.75) is 39.0 Å². The van der Waals surface area contributed by atoms with Crippen molar-refractivity contribution < 1.29 is 0 Å². The molecular weight excluding hydrogens is 128 g/mol. The zero-order valence-corrected chi connectivity index (χ0v) is 8.41. The van der Waals surface area contributed by atoms with Crippen LogP contribution in [0.1, 0.15) is 13.8 Å². The summed E-state index contributed by atoms with van der Waals surface area (Å²) in [5.41, 5.74) is 0. The first kappa shape index (κ1) is 8.43. The molecule has 0 N–H and O–H groups in total. The number of rotatable bonds is 3. The fraction of sp³-hybridized carbons (Fsp3) is 1.00. The average molecular weight is 144 g/mol. The van der Waals surface area contributed by atoms with Crippen molar-refractivity contribution in [3.63, 3.8) is 0 Å². The predicted molar refractivity (Wildman–Crippen MR) is 44.2 cm³/mol. The summed E-state index contributed by atoms with van der Waals surface area (Å²) in [5, 5.41) is 0. The zero-order valence-electron chi connectivity index (χ0n) is 6.41. The average Bonchev–Trinajstić information content (AvgIpc) is 1.67. The van der Waals surface area contributed by atoms with E-state index in [1.54, 1.807) is 0 Å². The molecule has 48 valence electrons. The number of hydrogen-bond donors (Lipinski definition) is 0. The van der Waals surface area contributed by atoms with Gasteiger partial charge in [-0.25, -0.2) is 0 Å². The van der Waals surface area contributed by atoms with Gasteiger partial charge in [0.25, 0.3) is 0 Å². The van der Waals surface area contributed by atoms with Crippen LogP contribution >= 0.6 is 0 Å². The Labute approximate surface area is 56.3 Å². The van der Waals surface area contributed by atoms with Crippen LogP contribution in [-0.2, 0) is 0 Å². The second kappa shape index (κ2) is 3.46. The molecule has 0 atom stereocenters. The van der Waals surface area contributed by atoms with Crippen LogP contribution in [0.25, 0.3) is 0 Å². The lowest BCUT2D eigenvalue weighted by molar-refractivity contribution is 1.38. The molecule has 0 aromatic carbocycles. The van der Waals surface area contributed by atoms with Gasteiger partial charge in [0.05, 0.1) is 0 Å². The highest BCUT2D eigenvalue weighted by molar-refractivity contribution is 7.23. The van der Waals surface area contributed by atoms with Gasteiger partial charge in [-0.1, -0.05) is 39.0 Å². The largest absolute Gasteiger partial charge is 0.0717 e. The molecule has 0 nitrogen and oxygen atoms in total. The minimum atomic E-state index is -0.649. The zero-order chi connectivity index (χ0) is 6.62. The van der Waals surface area contributed by atoms with Crippen molar-refractivity contribution >= 4 is 16.6 Å². The van der Waals surface area contributed by atoms with Gasteiger partial charge in [-0.3, -0.25) is 0 Å². The van der Waals surface area contributed by atoms with E-state index in [4.69, 9.17) is 0 Å². The van der Waals surface area contributed by atoms with Crippen LogP contribution in [0.4, 0.5) is 0 Å². The molecule has 0 rings (SSSR count). The molecule has 0 fully saturated rings. The summed E-state index contributed by atoms with van der Waals surface area (Å²) in [5.74, 6) is 0. The normalized spacial score (nSPS) is 12.0. The van der Waals surface area contributed by atoms with Crippen molar-refractivity contribution in [1.29, 1.82) is 0 Å². The first-order valence-electron chi connectivity index (χ1n) is 3.37. The molecule has 0 aliphatic rings. The standard InChI is InChI=1S/C6H16Si2/c1-5-7-8(3,4)6-2/h5-6H2,1-4H3. The van der Waals surface area contributed by atoms with Crippen molar-refractivity contribution in [2.24, 2.45) is 0 Å². The lowest BCUT2D eigenvalue weighted by Crippen LogP contribution is -2.32. The van der Waals surface area contributed by atoms with Crippen molar-refractivity contribution in [3.8, 4) is 0 Å². The quantitative estimate of drug-likeness (QED) is 0.533. The molecule has 0 unspecified atom stereocenters. The van der Waals surface area contributed by atoms with Gasteiger partial charge in [-0.15, -0.1) is 0 Å². The third-order valence-electron chi connectivity index (χ3n) is 1.54. The smallest absolute Gasteiger partial charge is 0.0354 e. The van der Waals surface area contributed by atoms with Gasteiger partial charge in [0.1, 0.15) is 0 Å². The number of hydrogen-bond acceptors (Lipinski definition) is 0. The highest BCUT2D eigenvalue weighted by Crippen LogP contribution is 2.06. The molecule has 0 saturated carbocycles. The highest BCUT2D eigenvalue weighted by atomic mass is 29.2. The van der Waals surface area contributed by atoms with Crippen LogP contribution in [0.5, 0.6) is 0 Å². The minimum Gasteiger partial charge on any atom is -0.0717 e. The maximum atomic E-state index is 2.48. The first-order chi connectivity index (χ1) is 3.62. The molecule has 0 aromatic heterocycles. The summed E-state index contributed by atoms with van der Waals surface area (Å²) in [6.45, 7) is 9.58. The monoisotopic (exact) mass is 144 g/mol. The SMILES string of the molecule is CC[Si][Si](C)(C)CC. The fourth-order valence-electron chi connectivity index (χ4n) is 0.604. The van der Waals surface area contributed by atoms with E-state index in [2.05, 4.69) is 26.9 Å². The van der Waals surface area contributed by atoms with Gasteiger partial charge in [0, 0.05) is 16.6 Å². The van der Waals surface area contributed by atoms with E-state index in [0.29, 0.717) is 0 Å². The van der Waals surface area contributed by atoms with E-state index in [-0.39, 0.29) is 0 Å². The van der Waals surface area contributed by atoms with Gasteiger partial charge in [-0.2, -0.15) is 0 Å². The second-order valence-electron chi connectivity index (χ2n) is 2.77. The van der Waals surface area contributed by atoms with Crippen LogP contribution in [0.15, 0.2) is 0 Å². The molecule has 0 spiro atoms. The molecular formula is C6H16Si2. The predicted octanol–water partition coefficient (Wildman–Crippen LogP) is 2.35. The Hall–Kier alpha value is 0.434. The van der Waals surface area contributed by atoms with Crippen molar-refractivity contribution in [3.05, 3.63) is 0 Å². The van der Waals surface area contributed by atoms with Crippen molar-refractivity contribution in [1.82, 2.24) is 0 Å². The molecule has 8 heavy (non-hydrogen) atoms. The summed E-state index contributed by atoms with van der Waals surface area (Å²) in [6, 6.07) is 2.87. The van der Waals surface area contributed by atoms with E-state index in [0.717, 1.165) is 0 Å². The maximum absolute atomic E-state index is 2.48. The van der Waals surface area contributed by atoms with E-state index >= 15 is 0 Å². The van der Waals surface area contributed by atoms with Gasteiger partial charge >= 0.3 is 0 Å². The van der Waals surface area contributed by atoms with E-state index in [1.807, 2.05) is 0 Å². The summed E-state index contributed by atoms with van der Waals surface area (Å²) in [7, 11) is 0.631. The molecule has 0 saturated heterocycles. The lowest BCUT2D eigenvalue weighted by Gasteiger charge is -2.17. The van der Waals surface area contributed by atoms with Crippen LogP contribution in [-0.4, -0.2) is 16.6 Å². The van der Waals surface area contributed by atoms with Crippen LogP contribution in [0, 0.1) is 0 Å². The molecule has 2 radical (unpaired) electrons. The van der Waals surface area contributed by atoms with Gasteiger partial charge in [-0.05, 0) is 0 Å². The van der Waals surface area contributed by atoms with E-state index in [1.165, 1.54) is 21.1 Å². The molecule has 0 bridgehead atoms. The molecule has 0 aliphatic carbocycles. The summed E-state index contributed by atoms with van der Waals surface area (Å²) in [4.78, 5) is 0. The topological polar surface area (TPSA) is 0 Å². The van der Waals surface area contributed by atoms with E-state index in [9.17, 15) is 0 Å².